The molecule has 1 rings (SSSR count). The average Bonchev–Trinajstić information content (AvgIpc) is 2.14. The van der Waals surface area contributed by atoms with Crippen molar-refractivity contribution in [3.63, 3.8) is 0 Å². The molecule has 0 atom stereocenters. The summed E-state index contributed by atoms with van der Waals surface area (Å²) in [5.41, 5.74) is 0. The Morgan fingerprint density at radius 2 is 1.76 bits per heavy atom. The van der Waals surface area contributed by atoms with Gasteiger partial charge in [-0.3, -0.25) is 0 Å². The normalized spacial score (nSPS) is 11.9. The zero-order valence-corrected chi connectivity index (χ0v) is 12.7. The summed E-state index contributed by atoms with van der Waals surface area (Å²) < 4.78 is 51.4. The van der Waals surface area contributed by atoms with E-state index in [-0.39, 0.29) is 19.6 Å². The van der Waals surface area contributed by atoms with Gasteiger partial charge in [-0.2, -0.15) is 0 Å². The lowest BCUT2D eigenvalue weighted by Crippen LogP contribution is -2.08. The molecule has 0 radical (unpaired) electrons. The minimum absolute atomic E-state index is 0.0920. The molecule has 0 aliphatic rings. The Labute approximate surface area is 118 Å². The zero-order valence-electron chi connectivity index (χ0n) is 7.96. The van der Waals surface area contributed by atoms with Crippen molar-refractivity contribution in [1.29, 1.82) is 0 Å². The van der Waals surface area contributed by atoms with Crippen molar-refractivity contribution < 1.29 is 21.9 Å². The molecular formula is C8H5Br2ClF2O3S. The van der Waals surface area contributed by atoms with Crippen LogP contribution in [-0.2, 0) is 9.05 Å². The van der Waals surface area contributed by atoms with Gasteiger partial charge in [-0.05, 0) is 44.0 Å². The van der Waals surface area contributed by atoms with Crippen molar-refractivity contribution >= 4 is 51.6 Å². The Kier molecular flexibility index (Phi) is 5.18. The SMILES string of the molecule is O=S(=O)(Cl)c1cc(Br)c(OCC(F)F)c(Br)c1. The van der Waals surface area contributed by atoms with Crippen LogP contribution >= 0.6 is 42.5 Å². The summed E-state index contributed by atoms with van der Waals surface area (Å²) in [5, 5.41) is 0. The summed E-state index contributed by atoms with van der Waals surface area (Å²) in [7, 11) is 1.26. The fourth-order valence-corrected chi connectivity index (χ4v) is 3.46. The van der Waals surface area contributed by atoms with E-state index in [1.807, 2.05) is 0 Å². The molecule has 0 aliphatic heterocycles. The van der Waals surface area contributed by atoms with Gasteiger partial charge in [-0.15, -0.1) is 0 Å². The fourth-order valence-electron chi connectivity index (χ4n) is 0.962. The van der Waals surface area contributed by atoms with Crippen LogP contribution < -0.4 is 4.74 Å². The number of hydrogen-bond donors (Lipinski definition) is 0. The topological polar surface area (TPSA) is 43.4 Å². The molecule has 0 aromatic heterocycles. The minimum Gasteiger partial charge on any atom is -0.485 e. The highest BCUT2D eigenvalue weighted by atomic mass is 79.9. The highest BCUT2D eigenvalue weighted by Gasteiger charge is 2.17. The smallest absolute Gasteiger partial charge is 0.272 e. The Balaban J connectivity index is 3.11. The minimum atomic E-state index is -3.89. The van der Waals surface area contributed by atoms with Crippen LogP contribution in [0.2, 0.25) is 0 Å². The molecule has 9 heteroatoms. The van der Waals surface area contributed by atoms with Crippen molar-refractivity contribution in [1.82, 2.24) is 0 Å². The van der Waals surface area contributed by atoms with Crippen LogP contribution in [0.25, 0.3) is 0 Å². The van der Waals surface area contributed by atoms with E-state index in [2.05, 4.69) is 31.9 Å². The average molecular weight is 414 g/mol. The van der Waals surface area contributed by atoms with Crippen molar-refractivity contribution in [2.24, 2.45) is 0 Å². The Morgan fingerprint density at radius 3 is 2.12 bits per heavy atom. The number of rotatable bonds is 4. The van der Waals surface area contributed by atoms with E-state index in [1.165, 1.54) is 12.1 Å². The predicted octanol–water partition coefficient (Wildman–Crippen LogP) is 3.78. The molecule has 17 heavy (non-hydrogen) atoms. The van der Waals surface area contributed by atoms with Crippen LogP contribution in [-0.4, -0.2) is 21.5 Å². The molecule has 96 valence electrons. The van der Waals surface area contributed by atoms with Gasteiger partial charge in [0.2, 0.25) is 0 Å². The zero-order chi connectivity index (χ0) is 13.2. The summed E-state index contributed by atoms with van der Waals surface area (Å²) in [6, 6.07) is 2.35. The van der Waals surface area contributed by atoms with Crippen LogP contribution in [0, 0.1) is 0 Å². The third kappa shape index (κ3) is 4.35. The maximum Gasteiger partial charge on any atom is 0.272 e. The molecule has 0 saturated heterocycles. The lowest BCUT2D eigenvalue weighted by molar-refractivity contribution is 0.0811. The van der Waals surface area contributed by atoms with E-state index in [0.29, 0.717) is 0 Å². The molecule has 0 heterocycles. The molecule has 0 unspecified atom stereocenters. The first-order chi connectivity index (χ1) is 7.71. The van der Waals surface area contributed by atoms with Gasteiger partial charge < -0.3 is 4.74 Å². The molecule has 1 aromatic rings. The number of alkyl halides is 2. The van der Waals surface area contributed by atoms with Gasteiger partial charge in [0.05, 0.1) is 13.8 Å². The summed E-state index contributed by atoms with van der Waals surface area (Å²) in [4.78, 5) is -0.165. The quantitative estimate of drug-likeness (QED) is 0.705. The van der Waals surface area contributed by atoms with Crippen molar-refractivity contribution in [3.05, 3.63) is 21.1 Å². The largest absolute Gasteiger partial charge is 0.485 e. The van der Waals surface area contributed by atoms with Crippen molar-refractivity contribution in [3.8, 4) is 5.75 Å². The van der Waals surface area contributed by atoms with E-state index in [9.17, 15) is 17.2 Å². The number of ether oxygens (including phenoxy) is 1. The molecule has 0 N–H and O–H groups in total. The van der Waals surface area contributed by atoms with E-state index in [0.717, 1.165) is 0 Å². The maximum atomic E-state index is 12.0. The molecule has 0 saturated carbocycles. The van der Waals surface area contributed by atoms with Gasteiger partial charge in [0.1, 0.15) is 12.4 Å². The van der Waals surface area contributed by atoms with Gasteiger partial charge in [0.25, 0.3) is 15.5 Å². The van der Waals surface area contributed by atoms with Gasteiger partial charge in [0, 0.05) is 10.7 Å². The molecule has 0 amide bonds. The van der Waals surface area contributed by atoms with Crippen LogP contribution in [0.5, 0.6) is 5.75 Å². The number of hydrogen-bond acceptors (Lipinski definition) is 3. The Morgan fingerprint density at radius 1 is 1.29 bits per heavy atom. The molecule has 0 bridgehead atoms. The molecule has 3 nitrogen and oxygen atoms in total. The first-order valence-electron chi connectivity index (χ1n) is 4.06. The standard InChI is InChI=1S/C8H5Br2ClF2O3S/c9-5-1-4(17(11,14)15)2-6(10)8(5)16-3-7(12)13/h1-2,7H,3H2. The Bertz CT molecular complexity index is 498. The fraction of sp³-hybridized carbons (Fsp3) is 0.250. The van der Waals surface area contributed by atoms with Crippen LogP contribution in [0.3, 0.4) is 0 Å². The lowest BCUT2D eigenvalue weighted by atomic mass is 10.3. The third-order valence-electron chi connectivity index (χ3n) is 1.61. The molecule has 0 aliphatic carbocycles. The van der Waals surface area contributed by atoms with E-state index in [4.69, 9.17) is 15.4 Å². The van der Waals surface area contributed by atoms with Gasteiger partial charge >= 0.3 is 0 Å². The van der Waals surface area contributed by atoms with E-state index >= 15 is 0 Å². The molecule has 1 aromatic carbocycles. The predicted molar refractivity (Wildman–Crippen MR) is 66.4 cm³/mol. The van der Waals surface area contributed by atoms with Crippen LogP contribution in [0.15, 0.2) is 26.0 Å². The second kappa shape index (κ2) is 5.81. The second-order valence-electron chi connectivity index (χ2n) is 2.86. The lowest BCUT2D eigenvalue weighted by Gasteiger charge is -2.10. The maximum absolute atomic E-state index is 12.0. The van der Waals surface area contributed by atoms with Gasteiger partial charge in [-0.1, -0.05) is 0 Å². The second-order valence-corrected chi connectivity index (χ2v) is 7.13. The van der Waals surface area contributed by atoms with Gasteiger partial charge in [0.15, 0.2) is 0 Å². The van der Waals surface area contributed by atoms with Crippen LogP contribution in [0.1, 0.15) is 0 Å². The monoisotopic (exact) mass is 412 g/mol. The molecule has 0 fully saturated rings. The Hall–Kier alpha value is 0.0800. The van der Waals surface area contributed by atoms with Gasteiger partial charge in [-0.25, -0.2) is 17.2 Å². The van der Waals surface area contributed by atoms with Crippen LogP contribution in [0.4, 0.5) is 8.78 Å². The van der Waals surface area contributed by atoms with Crippen molar-refractivity contribution in [2.45, 2.75) is 11.3 Å². The number of benzene rings is 1. The molecular weight excluding hydrogens is 409 g/mol. The van der Waals surface area contributed by atoms with E-state index < -0.39 is 22.1 Å². The summed E-state index contributed by atoms with van der Waals surface area (Å²) in [6.07, 6.45) is -2.62. The van der Waals surface area contributed by atoms with E-state index in [1.54, 1.807) is 0 Å². The number of halogens is 5. The summed E-state index contributed by atoms with van der Waals surface area (Å²) >= 11 is 6.04. The third-order valence-corrected chi connectivity index (χ3v) is 4.12. The molecule has 0 spiro atoms. The first kappa shape index (κ1) is 15.1. The summed E-state index contributed by atoms with van der Waals surface area (Å²) in [6.45, 7) is -0.788. The highest BCUT2D eigenvalue weighted by Crippen LogP contribution is 2.37. The van der Waals surface area contributed by atoms with Crippen molar-refractivity contribution in [2.75, 3.05) is 6.61 Å². The summed E-state index contributed by atoms with van der Waals surface area (Å²) in [5.74, 6) is 0.0920. The first-order valence-corrected chi connectivity index (χ1v) is 7.96. The highest BCUT2D eigenvalue weighted by molar-refractivity contribution is 9.11.